The van der Waals surface area contributed by atoms with E-state index in [0.717, 1.165) is 21.5 Å². The number of nitrogens with one attached hydrogen (secondary N) is 1. The molecule has 18 heavy (non-hydrogen) atoms. The quantitative estimate of drug-likeness (QED) is 0.832. The Kier molecular flexibility index (Phi) is 3.30. The van der Waals surface area contributed by atoms with Gasteiger partial charge in [-0.15, -0.1) is 0 Å². The second kappa shape index (κ2) is 4.61. The van der Waals surface area contributed by atoms with E-state index in [1.807, 2.05) is 6.07 Å². The van der Waals surface area contributed by atoms with E-state index >= 15 is 0 Å². The molecule has 2 rings (SSSR count). The highest BCUT2D eigenvalue weighted by molar-refractivity contribution is 9.10. The minimum absolute atomic E-state index is 0.531. The highest BCUT2D eigenvalue weighted by Crippen LogP contribution is 2.24. The summed E-state index contributed by atoms with van der Waals surface area (Å²) in [5.74, 6) is -1.87. The number of fused-ring (bicyclic) bond motifs is 1. The van der Waals surface area contributed by atoms with Crippen molar-refractivity contribution in [3.8, 4) is 0 Å². The number of carbonyl (C=O) groups is 1. The fourth-order valence-corrected chi connectivity index (χ4v) is 1.87. The smallest absolute Gasteiger partial charge is 0.361 e. The SMILES string of the molecule is O=C(/C=C/c1c[nH]c2ccc(Br)cc12)C(F)(F)F. The molecule has 0 bridgehead atoms. The number of aromatic nitrogens is 1. The lowest BCUT2D eigenvalue weighted by atomic mass is 10.1. The molecule has 2 nitrogen and oxygen atoms in total. The van der Waals surface area contributed by atoms with Gasteiger partial charge in [0.25, 0.3) is 5.78 Å². The third-order valence-corrected chi connectivity index (χ3v) is 2.86. The summed E-state index contributed by atoms with van der Waals surface area (Å²) in [7, 11) is 0. The summed E-state index contributed by atoms with van der Waals surface area (Å²) in [4.78, 5) is 13.6. The van der Waals surface area contributed by atoms with Crippen LogP contribution in [0.15, 0.2) is 34.9 Å². The number of allylic oxidation sites excluding steroid dienone is 1. The largest absolute Gasteiger partial charge is 0.454 e. The summed E-state index contributed by atoms with van der Waals surface area (Å²) >= 11 is 3.28. The lowest BCUT2D eigenvalue weighted by Gasteiger charge is -1.99. The summed E-state index contributed by atoms with van der Waals surface area (Å²) in [6, 6.07) is 5.37. The van der Waals surface area contributed by atoms with Crippen molar-refractivity contribution in [2.45, 2.75) is 6.18 Å². The molecule has 0 saturated carbocycles. The predicted molar refractivity (Wildman–Crippen MR) is 66.1 cm³/mol. The van der Waals surface area contributed by atoms with Crippen molar-refractivity contribution in [2.75, 3.05) is 0 Å². The average Bonchev–Trinajstić information content (AvgIpc) is 2.67. The molecule has 1 N–H and O–H groups in total. The fraction of sp³-hybridized carbons (Fsp3) is 0.0833. The van der Waals surface area contributed by atoms with Gasteiger partial charge in [0.15, 0.2) is 0 Å². The highest BCUT2D eigenvalue weighted by atomic mass is 79.9. The molecule has 0 aliphatic heterocycles. The third-order valence-electron chi connectivity index (χ3n) is 2.37. The zero-order valence-corrected chi connectivity index (χ0v) is 10.5. The lowest BCUT2D eigenvalue weighted by molar-refractivity contribution is -0.165. The molecule has 0 unspecified atom stereocenters. The molecule has 1 aromatic heterocycles. The Morgan fingerprint density at radius 2 is 2.06 bits per heavy atom. The molecule has 0 atom stereocenters. The molecule has 0 aliphatic rings. The number of H-pyrrole nitrogens is 1. The molecule has 2 aromatic rings. The number of alkyl halides is 3. The summed E-state index contributed by atoms with van der Waals surface area (Å²) in [5, 5.41) is 0.746. The van der Waals surface area contributed by atoms with E-state index in [-0.39, 0.29) is 0 Å². The molecular formula is C12H7BrF3NO. The maximum absolute atomic E-state index is 12.0. The van der Waals surface area contributed by atoms with E-state index in [0.29, 0.717) is 11.6 Å². The Bertz CT molecular complexity index is 628. The van der Waals surface area contributed by atoms with Gasteiger partial charge in [-0.25, -0.2) is 0 Å². The van der Waals surface area contributed by atoms with Crippen LogP contribution in [0.4, 0.5) is 13.2 Å². The summed E-state index contributed by atoms with van der Waals surface area (Å²) in [5.41, 5.74) is 1.32. The van der Waals surface area contributed by atoms with E-state index in [4.69, 9.17) is 0 Å². The molecule has 94 valence electrons. The number of carbonyl (C=O) groups excluding carboxylic acids is 1. The number of benzene rings is 1. The van der Waals surface area contributed by atoms with Crippen molar-refractivity contribution in [1.29, 1.82) is 0 Å². The van der Waals surface area contributed by atoms with Gasteiger partial charge >= 0.3 is 6.18 Å². The third kappa shape index (κ3) is 2.64. The van der Waals surface area contributed by atoms with Crippen molar-refractivity contribution < 1.29 is 18.0 Å². The van der Waals surface area contributed by atoms with E-state index < -0.39 is 12.0 Å². The molecular weight excluding hydrogens is 311 g/mol. The van der Waals surface area contributed by atoms with Gasteiger partial charge in [0, 0.05) is 21.6 Å². The summed E-state index contributed by atoms with van der Waals surface area (Å²) in [6.07, 6.45) is -1.59. The lowest BCUT2D eigenvalue weighted by Crippen LogP contribution is -2.19. The van der Waals surface area contributed by atoms with Crippen LogP contribution in [0, 0.1) is 0 Å². The molecule has 0 spiro atoms. The molecule has 0 fully saturated rings. The predicted octanol–water partition coefficient (Wildman–Crippen LogP) is 4.08. The van der Waals surface area contributed by atoms with Crippen LogP contribution in [-0.4, -0.2) is 16.9 Å². The van der Waals surface area contributed by atoms with Crippen LogP contribution >= 0.6 is 15.9 Å². The maximum atomic E-state index is 12.0. The Morgan fingerprint density at radius 1 is 1.33 bits per heavy atom. The molecule has 0 saturated heterocycles. The number of halogens is 4. The average molecular weight is 318 g/mol. The number of hydrogen-bond acceptors (Lipinski definition) is 1. The fourth-order valence-electron chi connectivity index (χ4n) is 1.51. The second-order valence-corrected chi connectivity index (χ2v) is 4.54. The van der Waals surface area contributed by atoms with Gasteiger partial charge in [-0.05, 0) is 35.9 Å². The first-order valence-corrected chi connectivity index (χ1v) is 5.73. The van der Waals surface area contributed by atoms with Gasteiger partial charge in [-0.2, -0.15) is 13.2 Å². The van der Waals surface area contributed by atoms with E-state index in [2.05, 4.69) is 20.9 Å². The molecule has 0 amide bonds. The number of rotatable bonds is 2. The summed E-state index contributed by atoms with van der Waals surface area (Å²) in [6.45, 7) is 0. The highest BCUT2D eigenvalue weighted by Gasteiger charge is 2.35. The van der Waals surface area contributed by atoms with Gasteiger partial charge in [0.1, 0.15) is 0 Å². The van der Waals surface area contributed by atoms with Crippen molar-refractivity contribution in [3.05, 3.63) is 40.5 Å². The van der Waals surface area contributed by atoms with Crippen LogP contribution in [0.25, 0.3) is 17.0 Å². The normalized spacial score (nSPS) is 12.4. The van der Waals surface area contributed by atoms with E-state index in [1.54, 1.807) is 18.3 Å². The van der Waals surface area contributed by atoms with Gasteiger partial charge < -0.3 is 4.98 Å². The Hall–Kier alpha value is -1.56. The van der Waals surface area contributed by atoms with Crippen LogP contribution in [-0.2, 0) is 4.79 Å². The topological polar surface area (TPSA) is 32.9 Å². The van der Waals surface area contributed by atoms with Gasteiger partial charge in [-0.1, -0.05) is 15.9 Å². The number of ketones is 1. The van der Waals surface area contributed by atoms with Crippen LogP contribution in [0.3, 0.4) is 0 Å². The molecule has 1 aromatic carbocycles. The van der Waals surface area contributed by atoms with E-state index in [9.17, 15) is 18.0 Å². The first kappa shape index (κ1) is 12.9. The Balaban J connectivity index is 2.35. The van der Waals surface area contributed by atoms with Crippen molar-refractivity contribution in [3.63, 3.8) is 0 Å². The van der Waals surface area contributed by atoms with Crippen LogP contribution in [0.2, 0.25) is 0 Å². The molecule has 6 heteroatoms. The molecule has 0 radical (unpaired) electrons. The molecule has 1 heterocycles. The van der Waals surface area contributed by atoms with Crippen LogP contribution in [0.1, 0.15) is 5.56 Å². The van der Waals surface area contributed by atoms with Crippen molar-refractivity contribution in [2.24, 2.45) is 0 Å². The van der Waals surface area contributed by atoms with Crippen LogP contribution < -0.4 is 0 Å². The maximum Gasteiger partial charge on any atom is 0.454 e. The first-order valence-electron chi connectivity index (χ1n) is 4.94. The number of aromatic amines is 1. The van der Waals surface area contributed by atoms with Gasteiger partial charge in [0.05, 0.1) is 0 Å². The molecule has 0 aliphatic carbocycles. The van der Waals surface area contributed by atoms with Gasteiger partial charge in [-0.3, -0.25) is 4.79 Å². The zero-order valence-electron chi connectivity index (χ0n) is 8.88. The monoisotopic (exact) mass is 317 g/mol. The van der Waals surface area contributed by atoms with Crippen molar-refractivity contribution >= 4 is 38.7 Å². The standard InChI is InChI=1S/C12H7BrF3NO/c13-8-2-3-10-9(5-8)7(6-17-10)1-4-11(18)12(14,15)16/h1-6,17H/b4-1+. The van der Waals surface area contributed by atoms with Crippen LogP contribution in [0.5, 0.6) is 0 Å². The minimum atomic E-state index is -4.83. The zero-order chi connectivity index (χ0) is 13.3. The van der Waals surface area contributed by atoms with Crippen molar-refractivity contribution in [1.82, 2.24) is 4.98 Å². The minimum Gasteiger partial charge on any atom is -0.361 e. The van der Waals surface area contributed by atoms with E-state index in [1.165, 1.54) is 0 Å². The van der Waals surface area contributed by atoms with Gasteiger partial charge in [0.2, 0.25) is 0 Å². The Morgan fingerprint density at radius 3 is 2.72 bits per heavy atom. The number of hydrogen-bond donors (Lipinski definition) is 1. The first-order chi connectivity index (χ1) is 8.38. The second-order valence-electron chi connectivity index (χ2n) is 3.63. The Labute approximate surface area is 109 Å². The summed E-state index contributed by atoms with van der Waals surface area (Å²) < 4.78 is 36.9.